The number of carbonyl (C=O) groups excluding carboxylic acids is 1. The van der Waals surface area contributed by atoms with E-state index in [0.717, 1.165) is 30.4 Å². The maximum absolute atomic E-state index is 11.2. The van der Waals surface area contributed by atoms with Crippen LogP contribution in [0.25, 0.3) is 0 Å². The summed E-state index contributed by atoms with van der Waals surface area (Å²) in [6.07, 6.45) is 3.61. The average molecular weight is 232 g/mol. The number of hydrogen-bond donors (Lipinski definition) is 2. The van der Waals surface area contributed by atoms with E-state index in [-0.39, 0.29) is 12.5 Å². The Balaban J connectivity index is 1.64. The SMILES string of the molecule is O=C1COc2ccc(CCNC3CC3)cc2N1. The molecular formula is C13H16N2O2. The van der Waals surface area contributed by atoms with Gasteiger partial charge in [-0.1, -0.05) is 6.07 Å². The second-order valence-corrected chi connectivity index (χ2v) is 4.65. The van der Waals surface area contributed by atoms with Crippen LogP contribution >= 0.6 is 0 Å². The molecule has 2 aliphatic rings. The lowest BCUT2D eigenvalue weighted by atomic mass is 10.1. The number of benzene rings is 1. The third-order valence-corrected chi connectivity index (χ3v) is 3.10. The van der Waals surface area contributed by atoms with Crippen LogP contribution in [0.5, 0.6) is 5.75 Å². The minimum Gasteiger partial charge on any atom is -0.482 e. The third kappa shape index (κ3) is 2.58. The van der Waals surface area contributed by atoms with Crippen molar-refractivity contribution in [2.24, 2.45) is 0 Å². The van der Waals surface area contributed by atoms with Crippen LogP contribution in [-0.2, 0) is 11.2 Å². The Kier molecular flexibility index (Phi) is 2.73. The first kappa shape index (κ1) is 10.6. The molecule has 4 nitrogen and oxygen atoms in total. The fourth-order valence-corrected chi connectivity index (χ4v) is 1.99. The van der Waals surface area contributed by atoms with Crippen molar-refractivity contribution in [3.63, 3.8) is 0 Å². The number of amides is 1. The summed E-state index contributed by atoms with van der Waals surface area (Å²) in [5.74, 6) is 0.689. The highest BCUT2D eigenvalue weighted by atomic mass is 16.5. The summed E-state index contributed by atoms with van der Waals surface area (Å²) in [7, 11) is 0. The number of carbonyl (C=O) groups is 1. The smallest absolute Gasteiger partial charge is 0.262 e. The lowest BCUT2D eigenvalue weighted by molar-refractivity contribution is -0.118. The van der Waals surface area contributed by atoms with E-state index in [0.29, 0.717) is 0 Å². The number of hydrogen-bond acceptors (Lipinski definition) is 3. The van der Waals surface area contributed by atoms with Crippen molar-refractivity contribution < 1.29 is 9.53 Å². The Hall–Kier alpha value is -1.55. The molecular weight excluding hydrogens is 216 g/mol. The molecule has 3 rings (SSSR count). The van der Waals surface area contributed by atoms with Gasteiger partial charge in [-0.2, -0.15) is 0 Å². The molecule has 1 aromatic rings. The van der Waals surface area contributed by atoms with Crippen LogP contribution in [0.4, 0.5) is 5.69 Å². The van der Waals surface area contributed by atoms with Gasteiger partial charge >= 0.3 is 0 Å². The maximum atomic E-state index is 11.2. The maximum Gasteiger partial charge on any atom is 0.262 e. The highest BCUT2D eigenvalue weighted by Gasteiger charge is 2.20. The van der Waals surface area contributed by atoms with Crippen molar-refractivity contribution in [1.29, 1.82) is 0 Å². The van der Waals surface area contributed by atoms with Gasteiger partial charge in [0.25, 0.3) is 5.91 Å². The predicted octanol–water partition coefficient (Wildman–Crippen LogP) is 1.31. The van der Waals surface area contributed by atoms with Gasteiger partial charge in [0.1, 0.15) is 5.75 Å². The summed E-state index contributed by atoms with van der Waals surface area (Å²) in [6.45, 7) is 1.12. The van der Waals surface area contributed by atoms with Gasteiger partial charge in [-0.15, -0.1) is 0 Å². The van der Waals surface area contributed by atoms with Crippen LogP contribution < -0.4 is 15.4 Å². The third-order valence-electron chi connectivity index (χ3n) is 3.10. The van der Waals surface area contributed by atoms with Gasteiger partial charge in [0, 0.05) is 6.04 Å². The first-order chi connectivity index (χ1) is 8.31. The molecule has 0 atom stereocenters. The molecule has 1 amide bonds. The van der Waals surface area contributed by atoms with Crippen molar-refractivity contribution in [1.82, 2.24) is 5.32 Å². The highest BCUT2D eigenvalue weighted by molar-refractivity contribution is 5.95. The molecule has 17 heavy (non-hydrogen) atoms. The predicted molar refractivity (Wildman–Crippen MR) is 65.3 cm³/mol. The summed E-state index contributed by atoms with van der Waals surface area (Å²) in [4.78, 5) is 11.2. The van der Waals surface area contributed by atoms with Crippen molar-refractivity contribution in [3.8, 4) is 5.75 Å². The minimum absolute atomic E-state index is 0.0780. The quantitative estimate of drug-likeness (QED) is 0.823. The molecule has 1 aliphatic heterocycles. The van der Waals surface area contributed by atoms with Gasteiger partial charge in [0.15, 0.2) is 6.61 Å². The van der Waals surface area contributed by atoms with Crippen LogP contribution in [0, 0.1) is 0 Å². The molecule has 0 saturated heterocycles. The summed E-state index contributed by atoms with van der Waals surface area (Å²) >= 11 is 0. The van der Waals surface area contributed by atoms with Gasteiger partial charge in [-0.25, -0.2) is 0 Å². The Morgan fingerprint density at radius 1 is 1.41 bits per heavy atom. The van der Waals surface area contributed by atoms with E-state index in [1.807, 2.05) is 12.1 Å². The van der Waals surface area contributed by atoms with Crippen molar-refractivity contribution in [3.05, 3.63) is 23.8 Å². The van der Waals surface area contributed by atoms with Gasteiger partial charge in [-0.3, -0.25) is 4.79 Å². The van der Waals surface area contributed by atoms with E-state index < -0.39 is 0 Å². The van der Waals surface area contributed by atoms with E-state index in [1.54, 1.807) is 0 Å². The second-order valence-electron chi connectivity index (χ2n) is 4.65. The molecule has 0 radical (unpaired) electrons. The normalized spacial score (nSPS) is 18.2. The first-order valence-corrected chi connectivity index (χ1v) is 6.10. The topological polar surface area (TPSA) is 50.4 Å². The lowest BCUT2D eigenvalue weighted by Gasteiger charge is -2.18. The van der Waals surface area contributed by atoms with Gasteiger partial charge in [0.05, 0.1) is 5.69 Å². The van der Waals surface area contributed by atoms with Crippen LogP contribution in [0.1, 0.15) is 18.4 Å². The average Bonchev–Trinajstić information content (AvgIpc) is 3.12. The molecule has 4 heteroatoms. The molecule has 0 spiro atoms. The first-order valence-electron chi connectivity index (χ1n) is 6.10. The zero-order chi connectivity index (χ0) is 11.7. The van der Waals surface area contributed by atoms with Crippen LogP contribution in [0.15, 0.2) is 18.2 Å². The second kappa shape index (κ2) is 4.37. The molecule has 0 bridgehead atoms. The number of anilines is 1. The molecule has 2 N–H and O–H groups in total. The Morgan fingerprint density at radius 3 is 3.12 bits per heavy atom. The molecule has 0 unspecified atom stereocenters. The minimum atomic E-state index is -0.0780. The van der Waals surface area contributed by atoms with E-state index in [4.69, 9.17) is 4.74 Å². The summed E-state index contributed by atoms with van der Waals surface area (Å²) in [5.41, 5.74) is 2.02. The molecule has 1 saturated carbocycles. The van der Waals surface area contributed by atoms with Crippen LogP contribution in [-0.4, -0.2) is 25.1 Å². The molecule has 1 fully saturated rings. The van der Waals surface area contributed by atoms with Gasteiger partial charge in [-0.05, 0) is 43.5 Å². The summed E-state index contributed by atoms with van der Waals surface area (Å²) in [5, 5.41) is 6.30. The number of fused-ring (bicyclic) bond motifs is 1. The highest BCUT2D eigenvalue weighted by Crippen LogP contribution is 2.28. The van der Waals surface area contributed by atoms with Crippen molar-refractivity contribution in [2.45, 2.75) is 25.3 Å². The molecule has 90 valence electrons. The molecule has 1 heterocycles. The fourth-order valence-electron chi connectivity index (χ4n) is 1.99. The Morgan fingerprint density at radius 2 is 2.29 bits per heavy atom. The van der Waals surface area contributed by atoms with Gasteiger partial charge < -0.3 is 15.4 Å². The standard InChI is InChI=1S/C13H16N2O2/c16-13-8-17-12-4-1-9(7-11(12)15-13)5-6-14-10-2-3-10/h1,4,7,10,14H,2-3,5-6,8H2,(H,15,16). The van der Waals surface area contributed by atoms with Crippen LogP contribution in [0.3, 0.4) is 0 Å². The lowest BCUT2D eigenvalue weighted by Crippen LogP contribution is -2.25. The van der Waals surface area contributed by atoms with Gasteiger partial charge in [0.2, 0.25) is 0 Å². The Labute approximate surface area is 100 Å². The summed E-state index contributed by atoms with van der Waals surface area (Å²) < 4.78 is 5.32. The summed E-state index contributed by atoms with van der Waals surface area (Å²) in [6, 6.07) is 6.74. The van der Waals surface area contributed by atoms with Crippen molar-refractivity contribution >= 4 is 11.6 Å². The van der Waals surface area contributed by atoms with E-state index in [2.05, 4.69) is 16.7 Å². The van der Waals surface area contributed by atoms with Crippen LogP contribution in [0.2, 0.25) is 0 Å². The zero-order valence-corrected chi connectivity index (χ0v) is 9.66. The largest absolute Gasteiger partial charge is 0.482 e. The van der Waals surface area contributed by atoms with Crippen molar-refractivity contribution in [2.75, 3.05) is 18.5 Å². The number of ether oxygens (including phenoxy) is 1. The van der Waals surface area contributed by atoms with E-state index in [1.165, 1.54) is 18.4 Å². The Bertz CT molecular complexity index is 441. The molecule has 0 aromatic heterocycles. The van der Waals surface area contributed by atoms with E-state index >= 15 is 0 Å². The van der Waals surface area contributed by atoms with E-state index in [9.17, 15) is 4.79 Å². The molecule has 1 aromatic carbocycles. The number of rotatable bonds is 4. The fraction of sp³-hybridized carbons (Fsp3) is 0.462. The molecule has 1 aliphatic carbocycles. The zero-order valence-electron chi connectivity index (χ0n) is 9.66. The monoisotopic (exact) mass is 232 g/mol. The number of nitrogens with one attached hydrogen (secondary N) is 2.